The fourth-order valence-electron chi connectivity index (χ4n) is 2.86. The van der Waals surface area contributed by atoms with Gasteiger partial charge in [0.2, 0.25) is 0 Å². The zero-order valence-corrected chi connectivity index (χ0v) is 12.2. The summed E-state index contributed by atoms with van der Waals surface area (Å²) in [7, 11) is 2.17. The van der Waals surface area contributed by atoms with Crippen LogP contribution in [-0.4, -0.2) is 39.6 Å². The normalized spacial score (nSPS) is 18.3. The molecule has 0 spiro atoms. The third-order valence-corrected chi connectivity index (χ3v) is 4.15. The molecule has 0 radical (unpaired) electrons. The SMILES string of the molecule is Cc1cnc2c(c1)nc(CCl)n2C1CCN(C)CC1. The predicted octanol–water partition coefficient (Wildman–Crippen LogP) is 2.75. The molecule has 5 heteroatoms. The lowest BCUT2D eigenvalue weighted by Gasteiger charge is -2.30. The number of imidazole rings is 1. The van der Waals surface area contributed by atoms with E-state index in [1.807, 2.05) is 13.1 Å². The van der Waals surface area contributed by atoms with Crippen molar-refractivity contribution in [2.24, 2.45) is 0 Å². The Morgan fingerprint density at radius 3 is 2.79 bits per heavy atom. The second-order valence-corrected chi connectivity index (χ2v) is 5.69. The summed E-state index contributed by atoms with van der Waals surface area (Å²) in [5.74, 6) is 1.39. The van der Waals surface area contributed by atoms with E-state index in [1.165, 1.54) is 0 Å². The van der Waals surface area contributed by atoms with Crippen molar-refractivity contribution in [3.8, 4) is 0 Å². The van der Waals surface area contributed by atoms with Gasteiger partial charge in [0, 0.05) is 12.2 Å². The molecule has 1 saturated heterocycles. The van der Waals surface area contributed by atoms with Gasteiger partial charge in [-0.2, -0.15) is 0 Å². The van der Waals surface area contributed by atoms with Gasteiger partial charge in [-0.05, 0) is 51.5 Å². The molecule has 1 fully saturated rings. The Kier molecular flexibility index (Phi) is 3.46. The van der Waals surface area contributed by atoms with Crippen molar-refractivity contribution in [1.29, 1.82) is 0 Å². The van der Waals surface area contributed by atoms with Gasteiger partial charge in [-0.15, -0.1) is 11.6 Å². The molecule has 0 aliphatic carbocycles. The zero-order valence-electron chi connectivity index (χ0n) is 11.4. The van der Waals surface area contributed by atoms with Crippen LogP contribution >= 0.6 is 11.6 Å². The Balaban J connectivity index is 2.05. The second-order valence-electron chi connectivity index (χ2n) is 5.42. The molecule has 1 aliphatic rings. The fourth-order valence-corrected chi connectivity index (χ4v) is 3.05. The predicted molar refractivity (Wildman–Crippen MR) is 77.6 cm³/mol. The lowest BCUT2D eigenvalue weighted by Crippen LogP contribution is -2.32. The highest BCUT2D eigenvalue weighted by Gasteiger charge is 2.23. The van der Waals surface area contributed by atoms with Gasteiger partial charge in [-0.25, -0.2) is 9.97 Å². The third-order valence-electron chi connectivity index (χ3n) is 3.91. The molecule has 0 bridgehead atoms. The lowest BCUT2D eigenvalue weighted by molar-refractivity contribution is 0.221. The number of rotatable bonds is 2. The molecule has 102 valence electrons. The zero-order chi connectivity index (χ0) is 13.4. The number of aromatic nitrogens is 3. The number of halogens is 1. The summed E-state index contributed by atoms with van der Waals surface area (Å²) in [6.45, 7) is 4.29. The molecule has 1 aliphatic heterocycles. The van der Waals surface area contributed by atoms with Gasteiger partial charge in [-0.3, -0.25) is 0 Å². The number of hydrogen-bond acceptors (Lipinski definition) is 3. The molecule has 2 aromatic heterocycles. The summed E-state index contributed by atoms with van der Waals surface area (Å²) in [6, 6.07) is 2.56. The van der Waals surface area contributed by atoms with Gasteiger partial charge >= 0.3 is 0 Å². The third kappa shape index (κ3) is 2.35. The Morgan fingerprint density at radius 1 is 1.37 bits per heavy atom. The number of nitrogens with zero attached hydrogens (tertiary/aromatic N) is 4. The molecule has 4 nitrogen and oxygen atoms in total. The highest BCUT2D eigenvalue weighted by Crippen LogP contribution is 2.28. The van der Waals surface area contributed by atoms with Crippen molar-refractivity contribution in [1.82, 2.24) is 19.4 Å². The summed E-state index contributed by atoms with van der Waals surface area (Å²) in [6.07, 6.45) is 4.19. The van der Waals surface area contributed by atoms with E-state index in [4.69, 9.17) is 11.6 Å². The van der Waals surface area contributed by atoms with Crippen LogP contribution in [0.5, 0.6) is 0 Å². The Hall–Kier alpha value is -1.13. The highest BCUT2D eigenvalue weighted by atomic mass is 35.5. The maximum atomic E-state index is 6.07. The molecule has 0 unspecified atom stereocenters. The molecule has 0 saturated carbocycles. The lowest BCUT2D eigenvalue weighted by atomic mass is 10.1. The quantitative estimate of drug-likeness (QED) is 0.792. The number of aryl methyl sites for hydroxylation is 1. The smallest absolute Gasteiger partial charge is 0.160 e. The summed E-state index contributed by atoms with van der Waals surface area (Å²) in [4.78, 5) is 11.6. The van der Waals surface area contributed by atoms with Crippen molar-refractivity contribution in [2.45, 2.75) is 31.7 Å². The molecular formula is C14H19ClN4. The Morgan fingerprint density at radius 2 is 2.11 bits per heavy atom. The van der Waals surface area contributed by atoms with Crippen LogP contribution in [0, 0.1) is 6.92 Å². The number of alkyl halides is 1. The van der Waals surface area contributed by atoms with E-state index >= 15 is 0 Å². The van der Waals surface area contributed by atoms with Crippen LogP contribution < -0.4 is 0 Å². The van der Waals surface area contributed by atoms with Gasteiger partial charge in [0.15, 0.2) is 5.65 Å². The largest absolute Gasteiger partial charge is 0.308 e. The maximum absolute atomic E-state index is 6.07. The van der Waals surface area contributed by atoms with E-state index in [0.717, 1.165) is 48.5 Å². The summed E-state index contributed by atoms with van der Waals surface area (Å²) < 4.78 is 2.26. The van der Waals surface area contributed by atoms with Crippen molar-refractivity contribution >= 4 is 22.8 Å². The van der Waals surface area contributed by atoms with Gasteiger partial charge in [0.1, 0.15) is 11.3 Å². The van der Waals surface area contributed by atoms with Crippen LogP contribution in [0.1, 0.15) is 30.3 Å². The van der Waals surface area contributed by atoms with Crippen LogP contribution in [-0.2, 0) is 5.88 Å². The Bertz CT molecular complexity index is 584. The average molecular weight is 279 g/mol. The first-order chi connectivity index (χ1) is 9.19. The average Bonchev–Trinajstić information content (AvgIpc) is 2.77. The molecule has 2 aromatic rings. The van der Waals surface area contributed by atoms with Crippen LogP contribution in [0.25, 0.3) is 11.2 Å². The van der Waals surface area contributed by atoms with E-state index in [0.29, 0.717) is 11.9 Å². The summed E-state index contributed by atoms with van der Waals surface area (Å²) >= 11 is 6.07. The molecule has 0 amide bonds. The maximum Gasteiger partial charge on any atom is 0.160 e. The topological polar surface area (TPSA) is 34.0 Å². The van der Waals surface area contributed by atoms with Gasteiger partial charge in [0.25, 0.3) is 0 Å². The first-order valence-electron chi connectivity index (χ1n) is 6.77. The number of pyridine rings is 1. The molecule has 0 aromatic carbocycles. The van der Waals surface area contributed by atoms with Crippen LogP contribution in [0.2, 0.25) is 0 Å². The van der Waals surface area contributed by atoms with E-state index in [-0.39, 0.29) is 0 Å². The van der Waals surface area contributed by atoms with E-state index < -0.39 is 0 Å². The standard InChI is InChI=1S/C14H19ClN4/c1-10-7-12-14(16-9-10)19(13(8-15)17-12)11-3-5-18(2)6-4-11/h7,9,11H,3-6,8H2,1-2H3. The number of fused-ring (bicyclic) bond motifs is 1. The van der Waals surface area contributed by atoms with E-state index in [9.17, 15) is 0 Å². The number of piperidine rings is 1. The molecular weight excluding hydrogens is 260 g/mol. The molecule has 3 heterocycles. The summed E-state index contributed by atoms with van der Waals surface area (Å²) in [5, 5.41) is 0. The Labute approximate surface area is 118 Å². The number of hydrogen-bond donors (Lipinski definition) is 0. The highest BCUT2D eigenvalue weighted by molar-refractivity contribution is 6.16. The van der Waals surface area contributed by atoms with Crippen molar-refractivity contribution in [2.75, 3.05) is 20.1 Å². The molecule has 3 rings (SSSR count). The van der Waals surface area contributed by atoms with Crippen LogP contribution in [0.4, 0.5) is 0 Å². The second kappa shape index (κ2) is 5.10. The first kappa shape index (κ1) is 12.9. The van der Waals surface area contributed by atoms with Crippen LogP contribution in [0.3, 0.4) is 0 Å². The minimum Gasteiger partial charge on any atom is -0.308 e. The number of likely N-dealkylation sites (tertiary alicyclic amines) is 1. The van der Waals surface area contributed by atoms with Gasteiger partial charge in [0.05, 0.1) is 5.88 Å². The monoisotopic (exact) mass is 278 g/mol. The minimum atomic E-state index is 0.446. The van der Waals surface area contributed by atoms with Crippen molar-refractivity contribution in [3.05, 3.63) is 23.7 Å². The molecule has 0 atom stereocenters. The molecule has 19 heavy (non-hydrogen) atoms. The first-order valence-corrected chi connectivity index (χ1v) is 7.30. The van der Waals surface area contributed by atoms with Gasteiger partial charge in [-0.1, -0.05) is 0 Å². The van der Waals surface area contributed by atoms with Crippen LogP contribution in [0.15, 0.2) is 12.3 Å². The van der Waals surface area contributed by atoms with E-state index in [2.05, 4.69) is 32.5 Å². The molecule has 0 N–H and O–H groups in total. The van der Waals surface area contributed by atoms with E-state index in [1.54, 1.807) is 0 Å². The fraction of sp³-hybridized carbons (Fsp3) is 0.571. The minimum absolute atomic E-state index is 0.446. The van der Waals surface area contributed by atoms with Crippen molar-refractivity contribution < 1.29 is 0 Å². The summed E-state index contributed by atoms with van der Waals surface area (Å²) in [5.41, 5.74) is 3.09. The van der Waals surface area contributed by atoms with Crippen molar-refractivity contribution in [3.63, 3.8) is 0 Å². The van der Waals surface area contributed by atoms with Gasteiger partial charge < -0.3 is 9.47 Å².